The lowest BCUT2D eigenvalue weighted by atomic mass is 10.2. The summed E-state index contributed by atoms with van der Waals surface area (Å²) in [4.78, 5) is 2.98. The first-order valence-electron chi connectivity index (χ1n) is 7.18. The Hall–Kier alpha value is -2.51. The molecule has 126 valence electrons. The number of aliphatic hydroxyl groups is 1. The van der Waals surface area contributed by atoms with Crippen molar-refractivity contribution < 1.29 is 23.0 Å². The molecule has 24 heavy (non-hydrogen) atoms. The van der Waals surface area contributed by atoms with Crippen molar-refractivity contribution in [2.75, 3.05) is 14.2 Å². The molecule has 2 aromatic carbocycles. The molecule has 1 aromatic heterocycles. The Balaban J connectivity index is 2.05. The number of H-pyrrole nitrogens is 1. The molecule has 0 radical (unpaired) electrons. The maximum atomic E-state index is 12.7. The van der Waals surface area contributed by atoms with Crippen molar-refractivity contribution in [2.24, 2.45) is 0 Å². The smallest absolute Gasteiger partial charge is 0.209 e. The van der Waals surface area contributed by atoms with E-state index in [9.17, 15) is 13.5 Å². The summed E-state index contributed by atoms with van der Waals surface area (Å²) < 4.78 is 35.6. The Bertz CT molecular complexity index is 960. The van der Waals surface area contributed by atoms with Crippen LogP contribution in [0.3, 0.4) is 0 Å². The molecule has 0 saturated carbocycles. The number of rotatable bonds is 5. The minimum atomic E-state index is -3.96. The third-order valence-corrected chi connectivity index (χ3v) is 5.64. The van der Waals surface area contributed by atoms with E-state index in [1.165, 1.54) is 44.7 Å². The molecule has 1 atom stereocenters. The van der Waals surface area contributed by atoms with E-state index < -0.39 is 15.3 Å². The Morgan fingerprint density at radius 3 is 2.25 bits per heavy atom. The Kier molecular flexibility index (Phi) is 4.21. The summed E-state index contributed by atoms with van der Waals surface area (Å²) in [6, 6.07) is 11.1. The zero-order chi connectivity index (χ0) is 17.3. The molecule has 0 bridgehead atoms. The van der Waals surface area contributed by atoms with Crippen molar-refractivity contribution in [1.29, 1.82) is 0 Å². The molecule has 3 rings (SSSR count). The Morgan fingerprint density at radius 1 is 1.00 bits per heavy atom. The SMILES string of the molecule is COc1ccc(S(=O)(=O)C(O)c2c[nH]c3ccc(OC)cc23)cc1. The monoisotopic (exact) mass is 347 g/mol. The van der Waals surface area contributed by atoms with Crippen LogP contribution in [0.15, 0.2) is 53.6 Å². The summed E-state index contributed by atoms with van der Waals surface area (Å²) in [5.41, 5.74) is -0.693. The molecule has 1 unspecified atom stereocenters. The van der Waals surface area contributed by atoms with Gasteiger partial charge >= 0.3 is 0 Å². The van der Waals surface area contributed by atoms with E-state index in [1.54, 1.807) is 18.2 Å². The van der Waals surface area contributed by atoms with E-state index in [4.69, 9.17) is 9.47 Å². The van der Waals surface area contributed by atoms with Gasteiger partial charge in [0.1, 0.15) is 11.5 Å². The summed E-state index contributed by atoms with van der Waals surface area (Å²) in [6.45, 7) is 0. The van der Waals surface area contributed by atoms with Crippen molar-refractivity contribution in [1.82, 2.24) is 4.98 Å². The van der Waals surface area contributed by atoms with Crippen molar-refractivity contribution in [3.8, 4) is 11.5 Å². The fraction of sp³-hybridized carbons (Fsp3) is 0.176. The van der Waals surface area contributed by atoms with Gasteiger partial charge in [-0.15, -0.1) is 0 Å². The normalized spacial score (nSPS) is 13.0. The number of aromatic nitrogens is 1. The third-order valence-electron chi connectivity index (χ3n) is 3.87. The first kappa shape index (κ1) is 16.4. The number of nitrogens with one attached hydrogen (secondary N) is 1. The second-order valence-electron chi connectivity index (χ2n) is 5.23. The fourth-order valence-corrected chi connectivity index (χ4v) is 3.82. The predicted octanol–water partition coefficient (Wildman–Crippen LogP) is 2.65. The van der Waals surface area contributed by atoms with E-state index in [1.807, 2.05) is 0 Å². The summed E-state index contributed by atoms with van der Waals surface area (Å²) >= 11 is 0. The van der Waals surface area contributed by atoms with Gasteiger partial charge in [-0.25, -0.2) is 8.42 Å². The van der Waals surface area contributed by atoms with Crippen LogP contribution in [0.4, 0.5) is 0 Å². The van der Waals surface area contributed by atoms with Gasteiger partial charge in [0.05, 0.1) is 19.1 Å². The lowest BCUT2D eigenvalue weighted by molar-refractivity contribution is 0.256. The molecule has 0 aliphatic heterocycles. The van der Waals surface area contributed by atoms with E-state index in [2.05, 4.69) is 4.98 Å². The first-order valence-corrected chi connectivity index (χ1v) is 8.73. The average molecular weight is 347 g/mol. The van der Waals surface area contributed by atoms with Crippen molar-refractivity contribution >= 4 is 20.7 Å². The zero-order valence-corrected chi connectivity index (χ0v) is 14.0. The molecule has 1 heterocycles. The number of ether oxygens (including phenoxy) is 2. The van der Waals surface area contributed by atoms with Gasteiger partial charge in [-0.2, -0.15) is 0 Å². The third kappa shape index (κ3) is 2.72. The molecular weight excluding hydrogens is 330 g/mol. The number of methoxy groups -OCH3 is 2. The summed E-state index contributed by atoms with van der Waals surface area (Å²) in [5.74, 6) is 1.12. The standard InChI is InChI=1S/C17H17NO5S/c1-22-11-3-6-13(7-4-11)24(20,21)17(19)15-10-18-16-8-5-12(23-2)9-14(15)16/h3-10,17-19H,1-2H3. The maximum Gasteiger partial charge on any atom is 0.209 e. The molecule has 6 nitrogen and oxygen atoms in total. The van der Waals surface area contributed by atoms with Crippen LogP contribution in [0, 0.1) is 0 Å². The molecule has 0 saturated heterocycles. The highest BCUT2D eigenvalue weighted by atomic mass is 32.2. The highest BCUT2D eigenvalue weighted by Gasteiger charge is 2.29. The van der Waals surface area contributed by atoms with Crippen LogP contribution in [0.2, 0.25) is 0 Å². The highest BCUT2D eigenvalue weighted by molar-refractivity contribution is 7.91. The van der Waals surface area contributed by atoms with E-state index in [0.717, 1.165) is 5.52 Å². The molecule has 0 aliphatic rings. The second kappa shape index (κ2) is 6.18. The minimum absolute atomic E-state index is 0.0213. The van der Waals surface area contributed by atoms with Crippen LogP contribution in [0.1, 0.15) is 11.0 Å². The molecule has 0 aliphatic carbocycles. The zero-order valence-electron chi connectivity index (χ0n) is 13.2. The molecule has 7 heteroatoms. The number of hydrogen-bond acceptors (Lipinski definition) is 5. The van der Waals surface area contributed by atoms with E-state index in [0.29, 0.717) is 16.9 Å². The van der Waals surface area contributed by atoms with Crippen LogP contribution < -0.4 is 9.47 Å². The van der Waals surface area contributed by atoms with Crippen molar-refractivity contribution in [3.05, 3.63) is 54.2 Å². The van der Waals surface area contributed by atoms with Crippen LogP contribution in [-0.2, 0) is 9.84 Å². The lowest BCUT2D eigenvalue weighted by Crippen LogP contribution is -2.13. The van der Waals surface area contributed by atoms with Gasteiger partial charge in [0.15, 0.2) is 5.44 Å². The van der Waals surface area contributed by atoms with Gasteiger partial charge in [0.25, 0.3) is 0 Å². The number of fused-ring (bicyclic) bond motifs is 1. The van der Waals surface area contributed by atoms with Crippen molar-refractivity contribution in [3.63, 3.8) is 0 Å². The average Bonchev–Trinajstić information content (AvgIpc) is 3.03. The van der Waals surface area contributed by atoms with Gasteiger partial charge < -0.3 is 19.6 Å². The molecule has 0 fully saturated rings. The Labute approximate surface area is 139 Å². The summed E-state index contributed by atoms with van der Waals surface area (Å²) in [7, 11) is -0.935. The number of hydrogen-bond donors (Lipinski definition) is 2. The maximum absolute atomic E-state index is 12.7. The first-order chi connectivity index (χ1) is 11.5. The predicted molar refractivity (Wildman–Crippen MR) is 90.0 cm³/mol. The topological polar surface area (TPSA) is 88.6 Å². The van der Waals surface area contributed by atoms with Crippen LogP contribution in [0.25, 0.3) is 10.9 Å². The van der Waals surface area contributed by atoms with Gasteiger partial charge in [-0.3, -0.25) is 0 Å². The highest BCUT2D eigenvalue weighted by Crippen LogP contribution is 2.33. The number of benzene rings is 2. The molecule has 0 spiro atoms. The van der Waals surface area contributed by atoms with Gasteiger partial charge in [0.2, 0.25) is 9.84 Å². The molecule has 0 amide bonds. The Morgan fingerprint density at radius 2 is 1.62 bits per heavy atom. The molecule has 2 N–H and O–H groups in total. The number of aliphatic hydroxyl groups excluding tert-OH is 1. The van der Waals surface area contributed by atoms with Crippen LogP contribution >= 0.6 is 0 Å². The largest absolute Gasteiger partial charge is 0.497 e. The van der Waals surface area contributed by atoms with Crippen LogP contribution in [0.5, 0.6) is 11.5 Å². The van der Waals surface area contributed by atoms with E-state index in [-0.39, 0.29) is 10.5 Å². The van der Waals surface area contributed by atoms with Crippen molar-refractivity contribution in [2.45, 2.75) is 10.3 Å². The van der Waals surface area contributed by atoms with Gasteiger partial charge in [-0.1, -0.05) is 0 Å². The van der Waals surface area contributed by atoms with Crippen LogP contribution in [-0.4, -0.2) is 32.7 Å². The minimum Gasteiger partial charge on any atom is -0.497 e. The second-order valence-corrected chi connectivity index (χ2v) is 7.24. The quantitative estimate of drug-likeness (QED) is 0.741. The van der Waals surface area contributed by atoms with Gasteiger partial charge in [0, 0.05) is 22.7 Å². The van der Waals surface area contributed by atoms with Gasteiger partial charge in [-0.05, 0) is 42.5 Å². The molecular formula is C17H17NO5S. The number of aromatic amines is 1. The lowest BCUT2D eigenvalue weighted by Gasteiger charge is -2.12. The van der Waals surface area contributed by atoms with E-state index >= 15 is 0 Å². The summed E-state index contributed by atoms with van der Waals surface area (Å²) in [5, 5.41) is 11.1. The fourth-order valence-electron chi connectivity index (χ4n) is 2.51. The number of sulfone groups is 1. The molecule has 3 aromatic rings. The summed E-state index contributed by atoms with van der Waals surface area (Å²) in [6.07, 6.45) is 1.50.